The second-order valence-electron chi connectivity index (χ2n) is 3.27. The molecular formula is C10H17NO5S2. The number of thioether (sulfide) groups is 1. The Balaban J connectivity index is 3.88. The number of aliphatic carboxylic acids is 1. The third kappa shape index (κ3) is 8.24. The van der Waals surface area contributed by atoms with Gasteiger partial charge in [0.15, 0.2) is 0 Å². The fraction of sp³-hybridized carbons (Fsp3) is 0.700. The van der Waals surface area contributed by atoms with Crippen molar-refractivity contribution in [2.75, 3.05) is 23.9 Å². The summed E-state index contributed by atoms with van der Waals surface area (Å²) in [5, 5.41) is 11.2. The van der Waals surface area contributed by atoms with Crippen LogP contribution >= 0.6 is 24.4 Å². The number of hydrogen-bond acceptors (Lipinski definition) is 6. The molecule has 0 radical (unpaired) electrons. The second-order valence-corrected chi connectivity index (χ2v) is 4.70. The molecule has 0 fully saturated rings. The van der Waals surface area contributed by atoms with Crippen LogP contribution in [0, 0.1) is 0 Å². The molecule has 0 saturated heterocycles. The molecule has 0 saturated carbocycles. The van der Waals surface area contributed by atoms with Crippen molar-refractivity contribution in [3.05, 3.63) is 0 Å². The molecule has 1 atom stereocenters. The van der Waals surface area contributed by atoms with E-state index >= 15 is 0 Å². The van der Waals surface area contributed by atoms with Gasteiger partial charge in [-0.1, -0.05) is 0 Å². The number of ether oxygens (including phenoxy) is 1. The third-order valence-corrected chi connectivity index (χ3v) is 2.97. The number of hydrogen-bond donors (Lipinski definition) is 3. The van der Waals surface area contributed by atoms with Crippen molar-refractivity contribution in [2.24, 2.45) is 0 Å². The summed E-state index contributed by atoms with van der Waals surface area (Å²) in [6, 6.07) is -0.932. The predicted octanol–water partition coefficient (Wildman–Crippen LogP) is 0.172. The molecule has 0 spiro atoms. The lowest BCUT2D eigenvalue weighted by Gasteiger charge is -2.12. The number of thiol groups is 1. The van der Waals surface area contributed by atoms with E-state index in [2.05, 4.69) is 22.7 Å². The van der Waals surface area contributed by atoms with E-state index in [1.165, 1.54) is 0 Å². The molecule has 0 aromatic heterocycles. The van der Waals surface area contributed by atoms with Crippen LogP contribution < -0.4 is 5.32 Å². The van der Waals surface area contributed by atoms with Gasteiger partial charge in [-0.15, -0.1) is 11.8 Å². The van der Waals surface area contributed by atoms with Crippen molar-refractivity contribution in [3.63, 3.8) is 0 Å². The summed E-state index contributed by atoms with van der Waals surface area (Å²) < 4.78 is 4.69. The number of carboxylic acid groups (broad SMARTS) is 1. The molecule has 1 unspecified atom stereocenters. The van der Waals surface area contributed by atoms with Crippen molar-refractivity contribution < 1.29 is 24.2 Å². The number of amides is 1. The van der Waals surface area contributed by atoms with E-state index in [1.54, 1.807) is 6.92 Å². The van der Waals surface area contributed by atoms with E-state index in [-0.39, 0.29) is 23.9 Å². The van der Waals surface area contributed by atoms with Crippen LogP contribution in [0.1, 0.15) is 13.3 Å². The SMILES string of the molecule is CCOC(=O)CSCC(=O)NC(CCS)C(=O)O. The van der Waals surface area contributed by atoms with E-state index in [1.807, 2.05) is 0 Å². The van der Waals surface area contributed by atoms with Gasteiger partial charge >= 0.3 is 11.9 Å². The first-order valence-electron chi connectivity index (χ1n) is 5.37. The summed E-state index contributed by atoms with van der Waals surface area (Å²) in [7, 11) is 0. The maximum absolute atomic E-state index is 11.4. The zero-order valence-electron chi connectivity index (χ0n) is 10.0. The number of carboxylic acids is 1. The van der Waals surface area contributed by atoms with Crippen LogP contribution in [0.3, 0.4) is 0 Å². The molecule has 0 aliphatic carbocycles. The van der Waals surface area contributed by atoms with Crippen LogP contribution in [0.25, 0.3) is 0 Å². The molecule has 104 valence electrons. The van der Waals surface area contributed by atoms with Gasteiger partial charge in [0.2, 0.25) is 5.91 Å². The summed E-state index contributed by atoms with van der Waals surface area (Å²) >= 11 is 5.00. The molecule has 0 rings (SSSR count). The lowest BCUT2D eigenvalue weighted by Crippen LogP contribution is -2.42. The van der Waals surface area contributed by atoms with Gasteiger partial charge < -0.3 is 15.2 Å². The zero-order chi connectivity index (χ0) is 14.0. The normalized spacial score (nSPS) is 11.7. The summed E-state index contributed by atoms with van der Waals surface area (Å²) in [4.78, 5) is 33.1. The molecule has 0 aromatic carbocycles. The van der Waals surface area contributed by atoms with Gasteiger partial charge in [0.05, 0.1) is 18.1 Å². The van der Waals surface area contributed by atoms with Crippen molar-refractivity contribution in [1.82, 2.24) is 5.32 Å². The molecule has 0 aliphatic heterocycles. The number of nitrogens with one attached hydrogen (secondary N) is 1. The molecule has 8 heteroatoms. The molecule has 0 aromatic rings. The minimum atomic E-state index is -1.09. The van der Waals surface area contributed by atoms with Crippen LogP contribution in [0.15, 0.2) is 0 Å². The third-order valence-electron chi connectivity index (χ3n) is 1.81. The summed E-state index contributed by atoms with van der Waals surface area (Å²) in [6.45, 7) is 2.00. The Labute approximate surface area is 115 Å². The maximum Gasteiger partial charge on any atom is 0.326 e. The molecule has 6 nitrogen and oxygen atoms in total. The Bertz CT molecular complexity index is 298. The first-order chi connectivity index (χ1) is 8.51. The minimum Gasteiger partial charge on any atom is -0.480 e. The van der Waals surface area contributed by atoms with Gasteiger partial charge in [-0.2, -0.15) is 12.6 Å². The van der Waals surface area contributed by atoms with Crippen molar-refractivity contribution in [1.29, 1.82) is 0 Å². The Morgan fingerprint density at radius 2 is 2.06 bits per heavy atom. The van der Waals surface area contributed by atoms with Crippen molar-refractivity contribution in [3.8, 4) is 0 Å². The summed E-state index contributed by atoms with van der Waals surface area (Å²) in [5.74, 6) is -1.43. The average molecular weight is 295 g/mol. The van der Waals surface area contributed by atoms with Gasteiger partial charge in [0.25, 0.3) is 0 Å². The van der Waals surface area contributed by atoms with Gasteiger partial charge in [0, 0.05) is 0 Å². The quantitative estimate of drug-likeness (QED) is 0.415. The van der Waals surface area contributed by atoms with Gasteiger partial charge in [-0.05, 0) is 19.1 Å². The molecular weight excluding hydrogens is 278 g/mol. The van der Waals surface area contributed by atoms with Crippen LogP contribution in [0.2, 0.25) is 0 Å². The highest BCUT2D eigenvalue weighted by molar-refractivity contribution is 8.00. The van der Waals surface area contributed by atoms with E-state index in [0.29, 0.717) is 12.4 Å². The standard InChI is InChI=1S/C10H17NO5S2/c1-2-16-9(13)6-18-5-8(12)11-7(3-4-17)10(14)15/h7,17H,2-6H2,1H3,(H,11,12)(H,14,15). The Hall–Kier alpha value is -0.890. The molecule has 0 heterocycles. The molecule has 1 amide bonds. The first kappa shape index (κ1) is 17.1. The lowest BCUT2D eigenvalue weighted by atomic mass is 10.2. The van der Waals surface area contributed by atoms with Crippen LogP contribution in [-0.4, -0.2) is 52.9 Å². The first-order valence-corrected chi connectivity index (χ1v) is 7.16. The van der Waals surface area contributed by atoms with Gasteiger partial charge in [-0.3, -0.25) is 9.59 Å². The molecule has 0 aliphatic rings. The lowest BCUT2D eigenvalue weighted by molar-refractivity contribution is -0.141. The molecule has 18 heavy (non-hydrogen) atoms. The topological polar surface area (TPSA) is 92.7 Å². The Morgan fingerprint density at radius 1 is 1.39 bits per heavy atom. The van der Waals surface area contributed by atoms with E-state index < -0.39 is 17.9 Å². The summed E-state index contributed by atoms with van der Waals surface area (Å²) in [5.41, 5.74) is 0. The Morgan fingerprint density at radius 3 is 2.56 bits per heavy atom. The second kappa shape index (κ2) is 10.1. The fourth-order valence-electron chi connectivity index (χ4n) is 1.05. The number of carbonyl (C=O) groups excluding carboxylic acids is 2. The monoisotopic (exact) mass is 295 g/mol. The highest BCUT2D eigenvalue weighted by Gasteiger charge is 2.18. The van der Waals surface area contributed by atoms with Crippen molar-refractivity contribution in [2.45, 2.75) is 19.4 Å². The largest absolute Gasteiger partial charge is 0.480 e. The minimum absolute atomic E-state index is 0.0230. The van der Waals surface area contributed by atoms with Crippen LogP contribution in [0.4, 0.5) is 0 Å². The summed E-state index contributed by atoms with van der Waals surface area (Å²) in [6.07, 6.45) is 0.257. The predicted molar refractivity (Wildman–Crippen MR) is 72.0 cm³/mol. The smallest absolute Gasteiger partial charge is 0.326 e. The van der Waals surface area contributed by atoms with Gasteiger partial charge in [0.1, 0.15) is 6.04 Å². The van der Waals surface area contributed by atoms with Gasteiger partial charge in [-0.25, -0.2) is 4.79 Å². The van der Waals surface area contributed by atoms with Crippen molar-refractivity contribution >= 4 is 42.2 Å². The molecule has 2 N–H and O–H groups in total. The highest BCUT2D eigenvalue weighted by Crippen LogP contribution is 2.02. The van der Waals surface area contributed by atoms with E-state index in [4.69, 9.17) is 5.11 Å². The molecule has 0 bridgehead atoms. The number of carbonyl (C=O) groups is 3. The van der Waals surface area contributed by atoms with Crippen LogP contribution in [-0.2, 0) is 19.1 Å². The fourth-order valence-corrected chi connectivity index (χ4v) is 1.93. The highest BCUT2D eigenvalue weighted by atomic mass is 32.2. The van der Waals surface area contributed by atoms with E-state index in [9.17, 15) is 14.4 Å². The van der Waals surface area contributed by atoms with Crippen LogP contribution in [0.5, 0.6) is 0 Å². The maximum atomic E-state index is 11.4. The average Bonchev–Trinajstić information content (AvgIpc) is 2.28. The number of rotatable bonds is 9. The number of esters is 1. The Kier molecular flexibility index (Phi) is 9.57. The van der Waals surface area contributed by atoms with E-state index in [0.717, 1.165) is 11.8 Å². The zero-order valence-corrected chi connectivity index (χ0v) is 11.8.